The zero-order valence-electron chi connectivity index (χ0n) is 13.2. The zero-order valence-corrected chi connectivity index (χ0v) is 13.9. The number of fused-ring (bicyclic) bond motifs is 1. The van der Waals surface area contributed by atoms with E-state index in [1.165, 1.54) is 6.33 Å². The second kappa shape index (κ2) is 5.71. The number of aryl methyl sites for hydroxylation is 1. The summed E-state index contributed by atoms with van der Waals surface area (Å²) in [5.74, 6) is -0.544. The summed E-state index contributed by atoms with van der Waals surface area (Å²) in [6, 6.07) is 7.17. The Morgan fingerprint density at radius 1 is 1.24 bits per heavy atom. The molecule has 0 unspecified atom stereocenters. The van der Waals surface area contributed by atoms with Crippen LogP contribution in [0.25, 0.3) is 28.1 Å². The van der Waals surface area contributed by atoms with Crippen LogP contribution in [0.2, 0.25) is 5.02 Å². The Morgan fingerprint density at radius 2 is 2.08 bits per heavy atom. The fraction of sp³-hybridized carbons (Fsp3) is 0.0588. The number of aromatic nitrogens is 5. The molecule has 0 aliphatic heterocycles. The number of hydrogen-bond acceptors (Lipinski definition) is 4. The summed E-state index contributed by atoms with van der Waals surface area (Å²) in [6.45, 7) is 1.94. The molecule has 0 saturated heterocycles. The van der Waals surface area contributed by atoms with Crippen molar-refractivity contribution in [3.8, 4) is 16.9 Å². The van der Waals surface area contributed by atoms with Crippen LogP contribution in [0.15, 0.2) is 43.1 Å². The van der Waals surface area contributed by atoms with Gasteiger partial charge in [-0.3, -0.25) is 4.79 Å². The van der Waals surface area contributed by atoms with Gasteiger partial charge in [-0.15, -0.1) is 0 Å². The van der Waals surface area contributed by atoms with Crippen molar-refractivity contribution in [1.82, 2.24) is 24.5 Å². The SMILES string of the molecule is Cc1ccc(Cl)cc1-n1cc(-c2ncnc3[nH]cnc23)cc1C(N)=O. The van der Waals surface area contributed by atoms with Crippen molar-refractivity contribution in [3.05, 3.63) is 59.4 Å². The molecule has 4 aromatic rings. The number of hydrogen-bond donors (Lipinski definition) is 2. The Hall–Kier alpha value is -3.19. The van der Waals surface area contributed by atoms with Gasteiger partial charge in [0.25, 0.3) is 5.91 Å². The van der Waals surface area contributed by atoms with Crippen LogP contribution in [-0.4, -0.2) is 30.4 Å². The molecule has 1 amide bonds. The lowest BCUT2D eigenvalue weighted by Crippen LogP contribution is -2.16. The Labute approximate surface area is 147 Å². The van der Waals surface area contributed by atoms with Crippen molar-refractivity contribution < 1.29 is 4.79 Å². The van der Waals surface area contributed by atoms with E-state index in [0.717, 1.165) is 11.3 Å². The fourth-order valence-corrected chi connectivity index (χ4v) is 2.97. The number of amides is 1. The maximum absolute atomic E-state index is 12.0. The van der Waals surface area contributed by atoms with E-state index < -0.39 is 5.91 Å². The largest absolute Gasteiger partial charge is 0.364 e. The van der Waals surface area contributed by atoms with Crippen molar-refractivity contribution >= 4 is 28.7 Å². The molecule has 0 aliphatic rings. The summed E-state index contributed by atoms with van der Waals surface area (Å²) in [7, 11) is 0. The van der Waals surface area contributed by atoms with Gasteiger partial charge in [-0.25, -0.2) is 15.0 Å². The number of halogens is 1. The maximum atomic E-state index is 12.0. The number of nitrogens with two attached hydrogens (primary N) is 1. The van der Waals surface area contributed by atoms with Crippen LogP contribution < -0.4 is 5.73 Å². The van der Waals surface area contributed by atoms with E-state index in [-0.39, 0.29) is 0 Å². The topological polar surface area (TPSA) is 102 Å². The van der Waals surface area contributed by atoms with Crippen LogP contribution >= 0.6 is 11.6 Å². The lowest BCUT2D eigenvalue weighted by molar-refractivity contribution is 0.0994. The number of primary amides is 1. The number of imidazole rings is 1. The van der Waals surface area contributed by atoms with E-state index in [1.807, 2.05) is 13.0 Å². The van der Waals surface area contributed by atoms with Gasteiger partial charge in [0, 0.05) is 16.8 Å². The monoisotopic (exact) mass is 352 g/mol. The lowest BCUT2D eigenvalue weighted by Gasteiger charge is -2.10. The first kappa shape index (κ1) is 15.3. The number of aromatic amines is 1. The summed E-state index contributed by atoms with van der Waals surface area (Å²) in [5.41, 5.74) is 10.2. The summed E-state index contributed by atoms with van der Waals surface area (Å²) < 4.78 is 1.72. The predicted octanol–water partition coefficient (Wildman–Crippen LogP) is 2.87. The van der Waals surface area contributed by atoms with Gasteiger partial charge >= 0.3 is 0 Å². The highest BCUT2D eigenvalue weighted by Gasteiger charge is 2.18. The summed E-state index contributed by atoms with van der Waals surface area (Å²) in [4.78, 5) is 27.6. The van der Waals surface area contributed by atoms with Crippen LogP contribution in [-0.2, 0) is 0 Å². The van der Waals surface area contributed by atoms with Crippen LogP contribution in [0.4, 0.5) is 0 Å². The Kier molecular flexibility index (Phi) is 3.51. The third-order valence-electron chi connectivity index (χ3n) is 3.99. The van der Waals surface area contributed by atoms with Gasteiger partial charge in [0.1, 0.15) is 23.2 Å². The van der Waals surface area contributed by atoms with E-state index in [4.69, 9.17) is 17.3 Å². The number of nitrogens with zero attached hydrogens (tertiary/aromatic N) is 4. The molecule has 124 valence electrons. The minimum absolute atomic E-state index is 0.336. The smallest absolute Gasteiger partial charge is 0.265 e. The molecule has 4 rings (SSSR count). The van der Waals surface area contributed by atoms with Crippen LogP contribution in [0.5, 0.6) is 0 Å². The molecule has 0 fully saturated rings. The van der Waals surface area contributed by atoms with Crippen molar-refractivity contribution in [1.29, 1.82) is 0 Å². The standard InChI is InChI=1S/C17H13ClN6O/c1-9-2-3-11(18)5-12(9)24-6-10(4-13(24)16(19)25)14-15-17(22-7-20-14)23-8-21-15/h2-8H,1H3,(H2,19,25)(H,20,21,22,23). The molecule has 0 spiro atoms. The molecule has 0 radical (unpaired) electrons. The maximum Gasteiger partial charge on any atom is 0.265 e. The number of nitrogens with one attached hydrogen (secondary N) is 1. The fourth-order valence-electron chi connectivity index (χ4n) is 2.80. The highest BCUT2D eigenvalue weighted by atomic mass is 35.5. The van der Waals surface area contributed by atoms with Gasteiger partial charge in [0.15, 0.2) is 5.65 Å². The highest BCUT2D eigenvalue weighted by Crippen LogP contribution is 2.29. The molecule has 3 heterocycles. The van der Waals surface area contributed by atoms with E-state index in [9.17, 15) is 4.79 Å². The van der Waals surface area contributed by atoms with Crippen LogP contribution in [0.3, 0.4) is 0 Å². The third kappa shape index (κ3) is 2.54. The van der Waals surface area contributed by atoms with E-state index >= 15 is 0 Å². The molecule has 0 bridgehead atoms. The molecule has 3 N–H and O–H groups in total. The molecule has 0 atom stereocenters. The van der Waals surface area contributed by atoms with Gasteiger partial charge in [-0.2, -0.15) is 0 Å². The zero-order chi connectivity index (χ0) is 17.6. The van der Waals surface area contributed by atoms with E-state index in [0.29, 0.717) is 33.1 Å². The van der Waals surface area contributed by atoms with Gasteiger partial charge in [-0.05, 0) is 30.7 Å². The minimum atomic E-state index is -0.544. The van der Waals surface area contributed by atoms with Crippen LogP contribution in [0.1, 0.15) is 16.1 Å². The quantitative estimate of drug-likeness (QED) is 0.591. The first-order valence-electron chi connectivity index (χ1n) is 7.48. The molecule has 1 aromatic carbocycles. The summed E-state index contributed by atoms with van der Waals surface area (Å²) >= 11 is 6.12. The highest BCUT2D eigenvalue weighted by molar-refractivity contribution is 6.30. The molecule has 0 saturated carbocycles. The van der Waals surface area contributed by atoms with E-state index in [2.05, 4.69) is 19.9 Å². The average Bonchev–Trinajstić information content (AvgIpc) is 3.23. The number of H-pyrrole nitrogens is 1. The van der Waals surface area contributed by atoms with Crippen molar-refractivity contribution in [2.75, 3.05) is 0 Å². The minimum Gasteiger partial charge on any atom is -0.364 e. The van der Waals surface area contributed by atoms with Crippen molar-refractivity contribution in [3.63, 3.8) is 0 Å². The second-order valence-electron chi connectivity index (χ2n) is 5.60. The third-order valence-corrected chi connectivity index (χ3v) is 4.23. The normalized spacial score (nSPS) is 11.1. The van der Waals surface area contributed by atoms with Crippen molar-refractivity contribution in [2.24, 2.45) is 5.73 Å². The number of benzene rings is 1. The molecular weight excluding hydrogens is 340 g/mol. The van der Waals surface area contributed by atoms with Crippen LogP contribution in [0, 0.1) is 6.92 Å². The van der Waals surface area contributed by atoms with Gasteiger partial charge < -0.3 is 15.3 Å². The molecule has 8 heteroatoms. The first-order chi connectivity index (χ1) is 12.0. The number of rotatable bonds is 3. The van der Waals surface area contributed by atoms with Gasteiger partial charge in [0.2, 0.25) is 0 Å². The Morgan fingerprint density at radius 3 is 2.88 bits per heavy atom. The molecule has 25 heavy (non-hydrogen) atoms. The van der Waals surface area contributed by atoms with Crippen molar-refractivity contribution in [2.45, 2.75) is 6.92 Å². The van der Waals surface area contributed by atoms with Gasteiger partial charge in [-0.1, -0.05) is 17.7 Å². The Balaban J connectivity index is 1.97. The predicted molar refractivity (Wildman–Crippen MR) is 94.7 cm³/mol. The molecular formula is C17H13ClN6O. The lowest BCUT2D eigenvalue weighted by atomic mass is 10.2. The number of carbonyl (C=O) groups excluding carboxylic acids is 1. The molecule has 3 aromatic heterocycles. The first-order valence-corrected chi connectivity index (χ1v) is 7.85. The summed E-state index contributed by atoms with van der Waals surface area (Å²) in [5, 5.41) is 0.572. The number of carbonyl (C=O) groups is 1. The Bertz CT molecular complexity index is 1110. The van der Waals surface area contributed by atoms with E-state index in [1.54, 1.807) is 35.3 Å². The molecule has 0 aliphatic carbocycles. The summed E-state index contributed by atoms with van der Waals surface area (Å²) in [6.07, 6.45) is 4.80. The molecule has 7 nitrogen and oxygen atoms in total. The van der Waals surface area contributed by atoms with Gasteiger partial charge in [0.05, 0.1) is 12.0 Å². The second-order valence-corrected chi connectivity index (χ2v) is 6.04. The average molecular weight is 353 g/mol.